The summed E-state index contributed by atoms with van der Waals surface area (Å²) in [7, 11) is 6.04. The van der Waals surface area contributed by atoms with Crippen LogP contribution in [0.1, 0.15) is 130 Å². The number of nitrogens with zero attached hydrogens (tertiary/aromatic N) is 2. The van der Waals surface area contributed by atoms with Gasteiger partial charge in [0.2, 0.25) is 11.8 Å². The third-order valence-electron chi connectivity index (χ3n) is 16.1. The van der Waals surface area contributed by atoms with Gasteiger partial charge in [-0.2, -0.15) is 5.06 Å². The highest BCUT2D eigenvalue weighted by Gasteiger charge is 2.58. The van der Waals surface area contributed by atoms with E-state index >= 15 is 0 Å². The molecular formula is C44H78N4O6. The number of fused-ring (bicyclic) bond motifs is 2. The van der Waals surface area contributed by atoms with Crippen molar-refractivity contribution in [1.29, 1.82) is 0 Å². The van der Waals surface area contributed by atoms with Crippen LogP contribution in [0.4, 0.5) is 0 Å². The second-order valence-corrected chi connectivity index (χ2v) is 19.9. The van der Waals surface area contributed by atoms with Gasteiger partial charge in [0, 0.05) is 50.0 Å². The van der Waals surface area contributed by atoms with Gasteiger partial charge in [0.15, 0.2) is 0 Å². The van der Waals surface area contributed by atoms with Crippen molar-refractivity contribution in [1.82, 2.24) is 20.6 Å². The number of hydrogen-bond donors (Lipinski definition) is 4. The van der Waals surface area contributed by atoms with E-state index in [1.807, 2.05) is 7.11 Å². The molecule has 1 aliphatic heterocycles. The van der Waals surface area contributed by atoms with Crippen LogP contribution in [0.25, 0.3) is 0 Å². The Morgan fingerprint density at radius 3 is 2.39 bits per heavy atom. The Morgan fingerprint density at radius 1 is 0.981 bits per heavy atom. The molecule has 310 valence electrons. The molecule has 2 bridgehead atoms. The Morgan fingerprint density at radius 2 is 1.72 bits per heavy atom. The molecule has 1 saturated heterocycles. The molecule has 1 heterocycles. The Labute approximate surface area is 327 Å². The molecule has 0 aromatic heterocycles. The number of ether oxygens (including phenoxy) is 1. The molecular weight excluding hydrogens is 681 g/mol. The molecule has 6 unspecified atom stereocenters. The maximum Gasteiger partial charge on any atom is 0.240 e. The SMILES string of the molecule is COC1C(CN2O[C@@H](CO)[C@H]([C@H](C)O)[C@H]2C(=O)N[C@H]2C[C@@]3(C)C[C@H](C3C)[C@@H]2C)CCCC1C1CCCC(C(=O)N[C@@H](CCC2CCCCC2)CN(C)C)C1. The van der Waals surface area contributed by atoms with Crippen molar-refractivity contribution in [2.24, 2.45) is 58.7 Å². The van der Waals surface area contributed by atoms with Crippen molar-refractivity contribution in [3.8, 4) is 0 Å². The van der Waals surface area contributed by atoms with E-state index in [0.29, 0.717) is 36.1 Å². The Kier molecular flexibility index (Phi) is 14.5. The third-order valence-corrected chi connectivity index (χ3v) is 16.1. The molecule has 7 rings (SSSR count). The molecule has 4 N–H and O–H groups in total. The first kappa shape index (κ1) is 42.3. The molecule has 6 aliphatic carbocycles. The average Bonchev–Trinajstić information content (AvgIpc) is 3.53. The van der Waals surface area contributed by atoms with Gasteiger partial charge in [-0.15, -0.1) is 0 Å². The zero-order valence-corrected chi connectivity index (χ0v) is 35.0. The number of aliphatic hydroxyl groups excluding tert-OH is 2. The lowest BCUT2D eigenvalue weighted by molar-refractivity contribution is -0.193. The zero-order chi connectivity index (χ0) is 38.7. The monoisotopic (exact) mass is 759 g/mol. The molecule has 7 aliphatic rings. The normalized spacial score (nSPS) is 41.6. The van der Waals surface area contributed by atoms with E-state index in [-0.39, 0.29) is 53.9 Å². The lowest BCUT2D eigenvalue weighted by Crippen LogP contribution is -2.63. The lowest BCUT2D eigenvalue weighted by Gasteiger charge is -2.62. The van der Waals surface area contributed by atoms with Crippen LogP contribution in [-0.4, -0.2) is 109 Å². The van der Waals surface area contributed by atoms with Crippen molar-refractivity contribution in [2.75, 3.05) is 40.9 Å². The molecule has 0 radical (unpaired) electrons. The molecule has 6 saturated carbocycles. The molecule has 0 aromatic rings. The quantitative estimate of drug-likeness (QED) is 0.166. The van der Waals surface area contributed by atoms with Crippen LogP contribution in [0.2, 0.25) is 0 Å². The second-order valence-electron chi connectivity index (χ2n) is 19.9. The van der Waals surface area contributed by atoms with Crippen LogP contribution in [0.3, 0.4) is 0 Å². The summed E-state index contributed by atoms with van der Waals surface area (Å²) in [6.45, 7) is 9.85. The standard InChI is InChI=1S/C44H78N4O6/c1-27-36-22-44(4,28(36)2)23-37(27)46-43(52)40-39(29(3)50)38(26-49)54-48(40)24-33-17-12-18-35(41(33)53-7)31-15-11-16-32(21-31)42(51)45-34(25-47(5)6)20-19-30-13-9-8-10-14-30/h27-41,49-50H,8-26H2,1-7H3,(H,45,51)(H,46,52)/t27-,28?,29-,31?,32?,33?,34-,35?,36-,37-,38-,39-,40-,41?,44+/m0/s1. The van der Waals surface area contributed by atoms with E-state index < -0.39 is 24.2 Å². The van der Waals surface area contributed by atoms with Crippen LogP contribution >= 0.6 is 0 Å². The number of carbonyl (C=O) groups excluding carboxylic acids is 2. The van der Waals surface area contributed by atoms with Crippen LogP contribution in [0.15, 0.2) is 0 Å². The third kappa shape index (κ3) is 9.36. The Balaban J connectivity index is 1.10. The number of likely N-dealkylation sites (N-methyl/N-ethyl adjacent to an activating group) is 1. The van der Waals surface area contributed by atoms with Crippen molar-refractivity contribution < 1.29 is 29.4 Å². The molecule has 7 fully saturated rings. The molecule has 15 atom stereocenters. The molecule has 10 heteroatoms. The number of carbonyl (C=O) groups is 2. The van der Waals surface area contributed by atoms with Gasteiger partial charge in [-0.05, 0) is 113 Å². The summed E-state index contributed by atoms with van der Waals surface area (Å²) in [5.74, 6) is 3.03. The van der Waals surface area contributed by atoms with E-state index in [1.165, 1.54) is 44.9 Å². The summed E-state index contributed by atoms with van der Waals surface area (Å²) in [6, 6.07) is -0.399. The van der Waals surface area contributed by atoms with E-state index in [0.717, 1.165) is 70.3 Å². The highest BCUT2D eigenvalue weighted by atomic mass is 16.7. The summed E-state index contributed by atoms with van der Waals surface area (Å²) in [6.07, 6.45) is 16.9. The Bertz CT molecular complexity index is 1230. The van der Waals surface area contributed by atoms with Crippen molar-refractivity contribution in [3.05, 3.63) is 0 Å². The largest absolute Gasteiger partial charge is 0.394 e. The topological polar surface area (TPSA) is 124 Å². The summed E-state index contributed by atoms with van der Waals surface area (Å²) in [5, 5.41) is 30.1. The van der Waals surface area contributed by atoms with Crippen LogP contribution < -0.4 is 10.6 Å². The van der Waals surface area contributed by atoms with E-state index in [9.17, 15) is 19.8 Å². The number of rotatable bonds is 15. The maximum atomic E-state index is 14.3. The highest BCUT2D eigenvalue weighted by molar-refractivity contribution is 5.83. The minimum atomic E-state index is -0.815. The zero-order valence-electron chi connectivity index (χ0n) is 35.0. The number of nitrogens with one attached hydrogen (secondary N) is 2. The molecule has 0 aromatic carbocycles. The fraction of sp³-hybridized carbons (Fsp3) is 0.955. The van der Waals surface area contributed by atoms with Crippen LogP contribution in [0.5, 0.6) is 0 Å². The van der Waals surface area contributed by atoms with Gasteiger partial charge in [0.25, 0.3) is 0 Å². The lowest BCUT2D eigenvalue weighted by atomic mass is 9.44. The van der Waals surface area contributed by atoms with E-state index in [1.54, 1.807) is 12.0 Å². The summed E-state index contributed by atoms with van der Waals surface area (Å²) in [5.41, 5.74) is 0.266. The number of aliphatic hydroxyl groups is 2. The fourth-order valence-electron chi connectivity index (χ4n) is 12.8. The maximum absolute atomic E-state index is 14.3. The summed E-state index contributed by atoms with van der Waals surface area (Å²) in [4.78, 5) is 36.8. The number of methoxy groups -OCH3 is 1. The van der Waals surface area contributed by atoms with Gasteiger partial charge >= 0.3 is 0 Å². The fourth-order valence-corrected chi connectivity index (χ4v) is 12.8. The smallest absolute Gasteiger partial charge is 0.240 e. The average molecular weight is 759 g/mol. The number of amides is 2. The van der Waals surface area contributed by atoms with Crippen molar-refractivity contribution in [2.45, 2.75) is 167 Å². The molecule has 2 amide bonds. The Hall–Kier alpha value is -1.30. The summed E-state index contributed by atoms with van der Waals surface area (Å²) >= 11 is 0. The molecule has 10 nitrogen and oxygen atoms in total. The minimum absolute atomic E-state index is 0.0139. The van der Waals surface area contributed by atoms with Gasteiger partial charge in [0.1, 0.15) is 12.1 Å². The first-order valence-electron chi connectivity index (χ1n) is 22.3. The summed E-state index contributed by atoms with van der Waals surface area (Å²) < 4.78 is 6.38. The van der Waals surface area contributed by atoms with E-state index in [2.05, 4.69) is 50.4 Å². The van der Waals surface area contributed by atoms with Crippen LogP contribution in [-0.2, 0) is 19.2 Å². The van der Waals surface area contributed by atoms with Crippen molar-refractivity contribution in [3.63, 3.8) is 0 Å². The van der Waals surface area contributed by atoms with E-state index in [4.69, 9.17) is 9.57 Å². The van der Waals surface area contributed by atoms with Gasteiger partial charge in [-0.25, -0.2) is 0 Å². The first-order valence-corrected chi connectivity index (χ1v) is 22.3. The minimum Gasteiger partial charge on any atom is -0.394 e. The van der Waals surface area contributed by atoms with Crippen LogP contribution in [0, 0.1) is 58.7 Å². The van der Waals surface area contributed by atoms with Gasteiger partial charge in [0.05, 0.1) is 18.8 Å². The molecule has 0 spiro atoms. The number of hydrogen-bond acceptors (Lipinski definition) is 8. The van der Waals surface area contributed by atoms with Gasteiger partial charge < -0.3 is 30.5 Å². The number of hydroxylamine groups is 2. The predicted molar refractivity (Wildman–Crippen MR) is 212 cm³/mol. The second kappa shape index (κ2) is 18.5. The van der Waals surface area contributed by atoms with Gasteiger partial charge in [-0.3, -0.25) is 14.4 Å². The first-order chi connectivity index (χ1) is 25.8. The van der Waals surface area contributed by atoms with Crippen molar-refractivity contribution >= 4 is 11.8 Å². The van der Waals surface area contributed by atoms with Gasteiger partial charge in [-0.1, -0.05) is 72.1 Å². The molecule has 54 heavy (non-hydrogen) atoms. The highest BCUT2D eigenvalue weighted by Crippen LogP contribution is 2.61. The predicted octanol–water partition coefficient (Wildman–Crippen LogP) is 5.79.